The molecule has 0 fully saturated rings. The van der Waals surface area contributed by atoms with Crippen LogP contribution in [0.3, 0.4) is 0 Å². The molecule has 1 amide bonds. The molecule has 1 aromatic carbocycles. The number of amides is 1. The molecule has 0 radical (unpaired) electrons. The Morgan fingerprint density at radius 2 is 1.87 bits per heavy atom. The number of oxime groups is 1. The maximum atomic E-state index is 11.0. The van der Waals surface area contributed by atoms with Gasteiger partial charge in [-0.1, -0.05) is 35.5 Å². The Bertz CT molecular complexity index is 398. The van der Waals surface area contributed by atoms with Crippen LogP contribution in [0.5, 0.6) is 0 Å². The van der Waals surface area contributed by atoms with E-state index >= 15 is 0 Å². The summed E-state index contributed by atoms with van der Waals surface area (Å²) < 4.78 is 0. The van der Waals surface area contributed by atoms with Crippen LogP contribution in [-0.2, 0) is 14.4 Å². The van der Waals surface area contributed by atoms with Crippen LogP contribution in [0.25, 0.3) is 0 Å². The second-order valence-corrected chi connectivity index (χ2v) is 2.75. The zero-order valence-corrected chi connectivity index (χ0v) is 8.14. The average Bonchev–Trinajstić information content (AvgIpc) is 2.18. The van der Waals surface area contributed by atoms with Gasteiger partial charge >= 0.3 is 5.97 Å². The maximum Gasteiger partial charge on any atom is 0.332 e. The van der Waals surface area contributed by atoms with E-state index in [0.29, 0.717) is 5.56 Å². The molecule has 78 valence electrons. The van der Waals surface area contributed by atoms with Crippen LogP contribution in [0.4, 0.5) is 0 Å². The summed E-state index contributed by atoms with van der Waals surface area (Å²) in [4.78, 5) is 25.9. The van der Waals surface area contributed by atoms with Crippen molar-refractivity contribution < 1.29 is 14.4 Å². The molecular formula is C10H10N2O3. The van der Waals surface area contributed by atoms with Crippen LogP contribution >= 0.6 is 0 Å². The average molecular weight is 206 g/mol. The molecule has 5 heteroatoms. The number of hydrogen-bond donors (Lipinski definition) is 1. The lowest BCUT2D eigenvalue weighted by molar-refractivity contribution is -0.140. The van der Waals surface area contributed by atoms with Gasteiger partial charge in [0, 0.05) is 12.5 Å². The van der Waals surface area contributed by atoms with Gasteiger partial charge in [-0.2, -0.15) is 0 Å². The summed E-state index contributed by atoms with van der Waals surface area (Å²) in [6.07, 6.45) is 0. The van der Waals surface area contributed by atoms with E-state index in [-0.39, 0.29) is 5.71 Å². The molecule has 0 aromatic heterocycles. The maximum absolute atomic E-state index is 11.0. The van der Waals surface area contributed by atoms with Crippen LogP contribution < -0.4 is 5.73 Å². The SMILES string of the molecule is CC(=O)ON=C(C(N)=O)c1ccccc1. The number of benzene rings is 1. The number of hydrogen-bond acceptors (Lipinski definition) is 4. The lowest BCUT2D eigenvalue weighted by Gasteiger charge is -2.00. The second-order valence-electron chi connectivity index (χ2n) is 2.75. The van der Waals surface area contributed by atoms with Crippen LogP contribution in [0.15, 0.2) is 35.5 Å². The van der Waals surface area contributed by atoms with Crippen molar-refractivity contribution >= 4 is 17.6 Å². The summed E-state index contributed by atoms with van der Waals surface area (Å²) >= 11 is 0. The normalized spacial score (nSPS) is 10.9. The number of primary amides is 1. The third-order valence-corrected chi connectivity index (χ3v) is 1.55. The van der Waals surface area contributed by atoms with Crippen molar-refractivity contribution in [3.8, 4) is 0 Å². The van der Waals surface area contributed by atoms with E-state index in [9.17, 15) is 9.59 Å². The Kier molecular flexibility index (Phi) is 3.56. The van der Waals surface area contributed by atoms with Gasteiger partial charge in [-0.15, -0.1) is 0 Å². The van der Waals surface area contributed by atoms with E-state index in [1.807, 2.05) is 0 Å². The van der Waals surface area contributed by atoms with Gasteiger partial charge in [0.15, 0.2) is 5.71 Å². The van der Waals surface area contributed by atoms with E-state index in [1.165, 1.54) is 6.92 Å². The van der Waals surface area contributed by atoms with Crippen molar-refractivity contribution in [2.24, 2.45) is 10.9 Å². The molecule has 0 saturated carbocycles. The van der Waals surface area contributed by atoms with Crippen LogP contribution in [0.2, 0.25) is 0 Å². The summed E-state index contributed by atoms with van der Waals surface area (Å²) in [7, 11) is 0. The topological polar surface area (TPSA) is 81.8 Å². The number of nitrogens with two attached hydrogens (primary N) is 1. The summed E-state index contributed by atoms with van der Waals surface area (Å²) in [5, 5.41) is 3.39. The van der Waals surface area contributed by atoms with E-state index in [0.717, 1.165) is 0 Å². The van der Waals surface area contributed by atoms with Crippen LogP contribution in [0.1, 0.15) is 12.5 Å². The highest BCUT2D eigenvalue weighted by atomic mass is 16.7. The lowest BCUT2D eigenvalue weighted by atomic mass is 10.1. The first kappa shape index (κ1) is 10.9. The molecule has 1 aromatic rings. The van der Waals surface area contributed by atoms with Gasteiger partial charge in [0.2, 0.25) is 0 Å². The number of carbonyl (C=O) groups excluding carboxylic acids is 2. The van der Waals surface area contributed by atoms with Gasteiger partial charge in [0.05, 0.1) is 0 Å². The van der Waals surface area contributed by atoms with E-state index in [4.69, 9.17) is 5.73 Å². The van der Waals surface area contributed by atoms with Gasteiger partial charge < -0.3 is 10.6 Å². The van der Waals surface area contributed by atoms with Gasteiger partial charge in [0.25, 0.3) is 5.91 Å². The van der Waals surface area contributed by atoms with Crippen molar-refractivity contribution in [1.29, 1.82) is 0 Å². The van der Waals surface area contributed by atoms with Gasteiger partial charge in [-0.05, 0) is 0 Å². The fourth-order valence-electron chi connectivity index (χ4n) is 0.946. The Hall–Kier alpha value is -2.17. The predicted octanol–water partition coefficient (Wildman–Crippen LogP) is 0.439. The van der Waals surface area contributed by atoms with E-state index in [2.05, 4.69) is 9.99 Å². The first-order valence-electron chi connectivity index (χ1n) is 4.22. The van der Waals surface area contributed by atoms with Crippen molar-refractivity contribution in [3.05, 3.63) is 35.9 Å². The minimum absolute atomic E-state index is 0.0780. The minimum Gasteiger partial charge on any atom is -0.364 e. The van der Waals surface area contributed by atoms with Crippen molar-refractivity contribution in [2.45, 2.75) is 6.92 Å². The molecule has 2 N–H and O–H groups in total. The minimum atomic E-state index is -0.748. The van der Waals surface area contributed by atoms with Gasteiger partial charge in [-0.25, -0.2) is 4.79 Å². The predicted molar refractivity (Wildman–Crippen MR) is 53.9 cm³/mol. The molecule has 1 rings (SSSR count). The smallest absolute Gasteiger partial charge is 0.332 e. The van der Waals surface area contributed by atoms with E-state index < -0.39 is 11.9 Å². The number of carbonyl (C=O) groups is 2. The third-order valence-electron chi connectivity index (χ3n) is 1.55. The molecule has 0 spiro atoms. The monoisotopic (exact) mass is 206 g/mol. The molecule has 0 unspecified atom stereocenters. The Morgan fingerprint density at radius 3 is 2.33 bits per heavy atom. The quantitative estimate of drug-likeness (QED) is 0.442. The molecule has 5 nitrogen and oxygen atoms in total. The molecule has 0 aliphatic rings. The van der Waals surface area contributed by atoms with Crippen LogP contribution in [0, 0.1) is 0 Å². The molecule has 15 heavy (non-hydrogen) atoms. The molecule has 0 heterocycles. The standard InChI is InChI=1S/C10H10N2O3/c1-7(13)15-12-9(10(11)14)8-5-3-2-4-6-8/h2-6H,1H3,(H2,11,14). The van der Waals surface area contributed by atoms with Crippen molar-refractivity contribution in [3.63, 3.8) is 0 Å². The summed E-state index contributed by atoms with van der Waals surface area (Å²) in [5.74, 6) is -1.35. The highest BCUT2D eigenvalue weighted by Gasteiger charge is 2.11. The first-order chi connectivity index (χ1) is 7.11. The van der Waals surface area contributed by atoms with Gasteiger partial charge in [0.1, 0.15) is 0 Å². The molecule has 0 aliphatic carbocycles. The first-order valence-corrected chi connectivity index (χ1v) is 4.22. The molecule has 0 aliphatic heterocycles. The van der Waals surface area contributed by atoms with Crippen LogP contribution in [-0.4, -0.2) is 17.6 Å². The zero-order chi connectivity index (χ0) is 11.3. The molecule has 0 atom stereocenters. The summed E-state index contributed by atoms with van der Waals surface area (Å²) in [6, 6.07) is 8.53. The number of rotatable bonds is 3. The lowest BCUT2D eigenvalue weighted by Crippen LogP contribution is -2.24. The highest BCUT2D eigenvalue weighted by molar-refractivity contribution is 6.44. The largest absolute Gasteiger partial charge is 0.364 e. The molecular weight excluding hydrogens is 196 g/mol. The van der Waals surface area contributed by atoms with Gasteiger partial charge in [-0.3, -0.25) is 4.79 Å². The van der Waals surface area contributed by atoms with E-state index in [1.54, 1.807) is 30.3 Å². The second kappa shape index (κ2) is 4.90. The Morgan fingerprint density at radius 1 is 1.27 bits per heavy atom. The molecule has 0 bridgehead atoms. The third kappa shape index (κ3) is 3.22. The Balaban J connectivity index is 2.99. The summed E-state index contributed by atoms with van der Waals surface area (Å²) in [5.41, 5.74) is 5.52. The Labute approximate surface area is 86.5 Å². The highest BCUT2D eigenvalue weighted by Crippen LogP contribution is 2.01. The zero-order valence-electron chi connectivity index (χ0n) is 8.14. The fraction of sp³-hybridized carbons (Fsp3) is 0.100. The molecule has 0 saturated heterocycles. The van der Waals surface area contributed by atoms with Crippen molar-refractivity contribution in [2.75, 3.05) is 0 Å². The number of nitrogens with zero attached hydrogens (tertiary/aromatic N) is 1. The van der Waals surface area contributed by atoms with Crippen molar-refractivity contribution in [1.82, 2.24) is 0 Å². The summed E-state index contributed by atoms with van der Waals surface area (Å²) in [6.45, 7) is 1.19. The fourth-order valence-corrected chi connectivity index (χ4v) is 0.946.